The lowest BCUT2D eigenvalue weighted by atomic mass is 9.85. The van der Waals surface area contributed by atoms with Gasteiger partial charge in [-0.15, -0.1) is 0 Å². The van der Waals surface area contributed by atoms with Crippen molar-refractivity contribution >= 4 is 5.91 Å². The van der Waals surface area contributed by atoms with Crippen molar-refractivity contribution in [2.24, 2.45) is 0 Å². The van der Waals surface area contributed by atoms with Crippen molar-refractivity contribution in [1.82, 2.24) is 10.3 Å². The number of aromatic amines is 1. The Labute approximate surface area is 95.1 Å². The van der Waals surface area contributed by atoms with Gasteiger partial charge >= 0.3 is 0 Å². The predicted molar refractivity (Wildman–Crippen MR) is 61.2 cm³/mol. The maximum atomic E-state index is 11.6. The van der Waals surface area contributed by atoms with E-state index >= 15 is 0 Å². The minimum absolute atomic E-state index is 0.149. The van der Waals surface area contributed by atoms with Crippen molar-refractivity contribution in [2.75, 3.05) is 6.54 Å². The fourth-order valence-electron chi connectivity index (χ4n) is 2.20. The molecule has 1 aliphatic carbocycles. The van der Waals surface area contributed by atoms with Crippen LogP contribution in [0.15, 0.2) is 18.3 Å². The summed E-state index contributed by atoms with van der Waals surface area (Å²) < 4.78 is 0. The van der Waals surface area contributed by atoms with Crippen molar-refractivity contribution < 1.29 is 9.90 Å². The Bertz CT molecular complexity index is 340. The fourth-order valence-corrected chi connectivity index (χ4v) is 2.20. The first kappa shape index (κ1) is 11.2. The lowest BCUT2D eigenvalue weighted by Gasteiger charge is -2.32. The number of nitrogens with one attached hydrogen (secondary N) is 2. The monoisotopic (exact) mass is 222 g/mol. The van der Waals surface area contributed by atoms with Gasteiger partial charge in [0, 0.05) is 12.7 Å². The van der Waals surface area contributed by atoms with Crippen LogP contribution in [-0.4, -0.2) is 28.1 Å². The second-order valence-electron chi connectivity index (χ2n) is 4.55. The Morgan fingerprint density at radius 1 is 1.44 bits per heavy atom. The molecular weight excluding hydrogens is 204 g/mol. The van der Waals surface area contributed by atoms with Crippen LogP contribution >= 0.6 is 0 Å². The van der Waals surface area contributed by atoms with E-state index < -0.39 is 5.60 Å². The molecule has 3 N–H and O–H groups in total. The molecule has 1 aromatic heterocycles. The zero-order valence-corrected chi connectivity index (χ0v) is 9.33. The molecule has 4 nitrogen and oxygen atoms in total. The molecule has 1 fully saturated rings. The number of carbonyl (C=O) groups excluding carboxylic acids is 1. The third-order valence-electron chi connectivity index (χ3n) is 3.20. The Hall–Kier alpha value is -1.29. The summed E-state index contributed by atoms with van der Waals surface area (Å²) in [6.07, 6.45) is 6.58. The van der Waals surface area contributed by atoms with Gasteiger partial charge in [-0.25, -0.2) is 0 Å². The van der Waals surface area contributed by atoms with Crippen molar-refractivity contribution in [3.8, 4) is 0 Å². The highest BCUT2D eigenvalue weighted by Crippen LogP contribution is 2.27. The van der Waals surface area contributed by atoms with Gasteiger partial charge in [-0.05, 0) is 25.0 Å². The number of hydrogen-bond donors (Lipinski definition) is 3. The number of hydrogen-bond acceptors (Lipinski definition) is 2. The molecule has 0 bridgehead atoms. The minimum atomic E-state index is -0.694. The van der Waals surface area contributed by atoms with Crippen LogP contribution in [0.3, 0.4) is 0 Å². The molecule has 1 saturated carbocycles. The number of rotatable bonds is 3. The largest absolute Gasteiger partial charge is 0.388 e. The van der Waals surface area contributed by atoms with Crippen LogP contribution in [0.25, 0.3) is 0 Å². The molecule has 0 spiro atoms. The normalized spacial score (nSPS) is 19.3. The molecule has 0 saturated heterocycles. The molecule has 0 aliphatic heterocycles. The predicted octanol–water partition coefficient (Wildman–Crippen LogP) is 1.44. The first-order chi connectivity index (χ1) is 7.70. The number of aromatic nitrogens is 1. The molecular formula is C12H18N2O2. The SMILES string of the molecule is O=C(NCC1(O)CCCCC1)c1ccc[nH]1. The second kappa shape index (κ2) is 4.70. The molecule has 16 heavy (non-hydrogen) atoms. The summed E-state index contributed by atoms with van der Waals surface area (Å²) in [7, 11) is 0. The molecule has 0 atom stereocenters. The summed E-state index contributed by atoms with van der Waals surface area (Å²) in [4.78, 5) is 14.5. The van der Waals surface area contributed by atoms with E-state index in [1.807, 2.05) is 0 Å². The molecule has 0 radical (unpaired) electrons. The van der Waals surface area contributed by atoms with E-state index in [4.69, 9.17) is 0 Å². The van der Waals surface area contributed by atoms with Crippen LogP contribution in [0.2, 0.25) is 0 Å². The van der Waals surface area contributed by atoms with Crippen molar-refractivity contribution in [1.29, 1.82) is 0 Å². The van der Waals surface area contributed by atoms with Gasteiger partial charge in [0.2, 0.25) is 0 Å². The molecule has 1 amide bonds. The quantitative estimate of drug-likeness (QED) is 0.724. The highest BCUT2D eigenvalue weighted by Gasteiger charge is 2.29. The van der Waals surface area contributed by atoms with E-state index in [0.717, 1.165) is 25.7 Å². The Kier molecular flexibility index (Phi) is 3.29. The van der Waals surface area contributed by atoms with Gasteiger partial charge in [0.05, 0.1) is 5.60 Å². The zero-order chi connectivity index (χ0) is 11.4. The lowest BCUT2D eigenvalue weighted by Crippen LogP contribution is -2.44. The Morgan fingerprint density at radius 2 is 2.19 bits per heavy atom. The second-order valence-corrected chi connectivity index (χ2v) is 4.55. The number of carbonyl (C=O) groups is 1. The van der Waals surface area contributed by atoms with Gasteiger partial charge in [0.25, 0.3) is 5.91 Å². The first-order valence-electron chi connectivity index (χ1n) is 5.84. The van der Waals surface area contributed by atoms with E-state index in [-0.39, 0.29) is 5.91 Å². The molecule has 0 unspecified atom stereocenters. The zero-order valence-electron chi connectivity index (χ0n) is 9.33. The van der Waals surface area contributed by atoms with E-state index in [1.54, 1.807) is 18.3 Å². The highest BCUT2D eigenvalue weighted by atomic mass is 16.3. The fraction of sp³-hybridized carbons (Fsp3) is 0.583. The summed E-state index contributed by atoms with van der Waals surface area (Å²) in [6.45, 7) is 0.352. The maximum absolute atomic E-state index is 11.6. The van der Waals surface area contributed by atoms with Crippen LogP contribution < -0.4 is 5.32 Å². The Morgan fingerprint density at radius 3 is 2.81 bits per heavy atom. The standard InChI is InChI=1S/C12H18N2O2/c15-11(10-5-4-8-13-10)14-9-12(16)6-2-1-3-7-12/h4-5,8,13,16H,1-3,6-7,9H2,(H,14,15). The molecule has 2 rings (SSSR count). The third-order valence-corrected chi connectivity index (χ3v) is 3.20. The summed E-state index contributed by atoms with van der Waals surface area (Å²) >= 11 is 0. The summed E-state index contributed by atoms with van der Waals surface area (Å²) in [5, 5.41) is 13.0. The van der Waals surface area contributed by atoms with E-state index in [9.17, 15) is 9.90 Å². The number of amides is 1. The topological polar surface area (TPSA) is 65.1 Å². The number of H-pyrrole nitrogens is 1. The van der Waals surface area contributed by atoms with Crippen LogP contribution in [-0.2, 0) is 0 Å². The Balaban J connectivity index is 1.84. The van der Waals surface area contributed by atoms with Gasteiger partial charge in [-0.1, -0.05) is 19.3 Å². The molecule has 1 heterocycles. The van der Waals surface area contributed by atoms with E-state index in [0.29, 0.717) is 12.2 Å². The molecule has 88 valence electrons. The van der Waals surface area contributed by atoms with E-state index in [1.165, 1.54) is 6.42 Å². The maximum Gasteiger partial charge on any atom is 0.267 e. The van der Waals surface area contributed by atoms with Crippen molar-refractivity contribution in [2.45, 2.75) is 37.7 Å². The average Bonchev–Trinajstić information content (AvgIpc) is 2.80. The molecule has 4 heteroatoms. The molecule has 1 aliphatic rings. The van der Waals surface area contributed by atoms with Crippen molar-refractivity contribution in [3.63, 3.8) is 0 Å². The smallest absolute Gasteiger partial charge is 0.267 e. The van der Waals surface area contributed by atoms with Crippen LogP contribution in [0, 0.1) is 0 Å². The molecule has 0 aromatic carbocycles. The summed E-state index contributed by atoms with van der Waals surface area (Å²) in [5.41, 5.74) is -0.153. The van der Waals surface area contributed by atoms with Gasteiger partial charge in [0.1, 0.15) is 5.69 Å². The minimum Gasteiger partial charge on any atom is -0.388 e. The van der Waals surface area contributed by atoms with Crippen LogP contribution in [0.4, 0.5) is 0 Å². The highest BCUT2D eigenvalue weighted by molar-refractivity contribution is 5.92. The van der Waals surface area contributed by atoms with Gasteiger partial charge < -0.3 is 15.4 Å². The third kappa shape index (κ3) is 2.64. The van der Waals surface area contributed by atoms with Gasteiger partial charge in [-0.2, -0.15) is 0 Å². The van der Waals surface area contributed by atoms with Crippen LogP contribution in [0.5, 0.6) is 0 Å². The van der Waals surface area contributed by atoms with Gasteiger partial charge in [0.15, 0.2) is 0 Å². The number of aliphatic hydroxyl groups is 1. The van der Waals surface area contributed by atoms with Crippen LogP contribution in [0.1, 0.15) is 42.6 Å². The van der Waals surface area contributed by atoms with Gasteiger partial charge in [-0.3, -0.25) is 4.79 Å². The van der Waals surface area contributed by atoms with Crippen molar-refractivity contribution in [3.05, 3.63) is 24.0 Å². The molecule has 1 aromatic rings. The first-order valence-corrected chi connectivity index (χ1v) is 5.84. The lowest BCUT2D eigenvalue weighted by molar-refractivity contribution is 0.00522. The average molecular weight is 222 g/mol. The van der Waals surface area contributed by atoms with E-state index in [2.05, 4.69) is 10.3 Å². The summed E-state index contributed by atoms with van der Waals surface area (Å²) in [6, 6.07) is 3.50. The summed E-state index contributed by atoms with van der Waals surface area (Å²) in [5.74, 6) is -0.149.